The smallest absolute Gasteiger partial charge is 0.216 e. The van der Waals surface area contributed by atoms with Gasteiger partial charge in [-0.25, -0.2) is 14.4 Å². The summed E-state index contributed by atoms with van der Waals surface area (Å²) in [5.41, 5.74) is 1.10. The molecule has 4 nitrogen and oxygen atoms in total. The number of ether oxygens (including phenoxy) is 1. The number of aromatic nitrogens is 2. The lowest BCUT2D eigenvalue weighted by Gasteiger charge is -2.13. The van der Waals surface area contributed by atoms with Crippen molar-refractivity contribution in [2.75, 3.05) is 7.11 Å². The summed E-state index contributed by atoms with van der Waals surface area (Å²) in [7, 11) is 1.51. The molecule has 1 unspecified atom stereocenters. The van der Waals surface area contributed by atoms with Gasteiger partial charge in [0.25, 0.3) is 0 Å². The van der Waals surface area contributed by atoms with E-state index < -0.39 is 11.9 Å². The Morgan fingerprint density at radius 1 is 1.42 bits per heavy atom. The summed E-state index contributed by atoms with van der Waals surface area (Å²) in [6.45, 7) is 0. The van der Waals surface area contributed by atoms with Crippen LogP contribution in [0.15, 0.2) is 35.1 Å². The quantitative estimate of drug-likeness (QED) is 0.938. The molecule has 1 atom stereocenters. The normalized spacial score (nSPS) is 12.2. The molecule has 0 amide bonds. The van der Waals surface area contributed by atoms with E-state index in [1.165, 1.54) is 19.5 Å². The van der Waals surface area contributed by atoms with Crippen LogP contribution in [0.2, 0.25) is 0 Å². The van der Waals surface area contributed by atoms with Crippen LogP contribution < -0.4 is 4.74 Å². The third-order valence-corrected chi connectivity index (χ3v) is 3.49. The number of nitrogens with zero attached hydrogens (tertiary/aromatic N) is 2. The Morgan fingerprint density at radius 2 is 2.21 bits per heavy atom. The van der Waals surface area contributed by atoms with E-state index in [-0.39, 0.29) is 10.9 Å². The van der Waals surface area contributed by atoms with E-state index in [0.717, 1.165) is 0 Å². The number of aliphatic hydroxyl groups is 1. The highest BCUT2D eigenvalue weighted by Crippen LogP contribution is 2.28. The summed E-state index contributed by atoms with van der Waals surface area (Å²) in [4.78, 5) is 7.93. The maximum absolute atomic E-state index is 13.4. The predicted molar refractivity (Wildman–Crippen MR) is 71.3 cm³/mol. The van der Waals surface area contributed by atoms with Crippen LogP contribution in [0, 0.1) is 5.82 Å². The van der Waals surface area contributed by atoms with Crippen molar-refractivity contribution in [2.24, 2.45) is 0 Å². The van der Waals surface area contributed by atoms with Gasteiger partial charge in [0.2, 0.25) is 5.88 Å². The van der Waals surface area contributed by atoms with E-state index in [9.17, 15) is 9.50 Å². The van der Waals surface area contributed by atoms with Crippen LogP contribution in [-0.4, -0.2) is 22.2 Å². The molecular weight excluding hydrogens is 315 g/mol. The predicted octanol–water partition coefficient (Wildman–Crippen LogP) is 2.66. The molecule has 19 heavy (non-hydrogen) atoms. The average molecular weight is 327 g/mol. The molecule has 100 valence electrons. The van der Waals surface area contributed by atoms with Gasteiger partial charge >= 0.3 is 0 Å². The monoisotopic (exact) mass is 326 g/mol. The third kappa shape index (κ3) is 3.27. The summed E-state index contributed by atoms with van der Waals surface area (Å²) >= 11 is 3.13. The molecule has 0 fully saturated rings. The van der Waals surface area contributed by atoms with Crippen molar-refractivity contribution < 1.29 is 14.2 Å². The molecular formula is C13H12BrFN2O2. The molecule has 1 aromatic heterocycles. The standard InChI is InChI=1S/C13H12BrFN2O2/c1-19-12-6-8(16-7-17-12)5-11(18)9-3-2-4-10(15)13(9)14/h2-4,6-7,11,18H,5H2,1H3. The first-order chi connectivity index (χ1) is 9.11. The van der Waals surface area contributed by atoms with Crippen molar-refractivity contribution in [3.8, 4) is 5.88 Å². The summed E-state index contributed by atoms with van der Waals surface area (Å²) in [5, 5.41) is 10.1. The zero-order chi connectivity index (χ0) is 13.8. The summed E-state index contributed by atoms with van der Waals surface area (Å²) < 4.78 is 18.6. The Morgan fingerprint density at radius 3 is 2.95 bits per heavy atom. The highest BCUT2D eigenvalue weighted by atomic mass is 79.9. The van der Waals surface area contributed by atoms with Gasteiger partial charge in [-0.15, -0.1) is 0 Å². The first kappa shape index (κ1) is 13.9. The molecule has 1 heterocycles. The van der Waals surface area contributed by atoms with E-state index in [0.29, 0.717) is 17.1 Å². The Kier molecular flexibility index (Phi) is 4.44. The number of halogens is 2. The van der Waals surface area contributed by atoms with Crippen molar-refractivity contribution >= 4 is 15.9 Å². The van der Waals surface area contributed by atoms with Crippen LogP contribution in [0.25, 0.3) is 0 Å². The first-order valence-electron chi connectivity index (χ1n) is 5.58. The van der Waals surface area contributed by atoms with Gasteiger partial charge in [0.05, 0.1) is 23.4 Å². The lowest BCUT2D eigenvalue weighted by molar-refractivity contribution is 0.175. The molecule has 0 spiro atoms. The lowest BCUT2D eigenvalue weighted by Crippen LogP contribution is -2.05. The highest BCUT2D eigenvalue weighted by Gasteiger charge is 2.15. The van der Waals surface area contributed by atoms with Crippen LogP contribution in [0.4, 0.5) is 4.39 Å². The fraction of sp³-hybridized carbons (Fsp3) is 0.231. The van der Waals surface area contributed by atoms with Gasteiger partial charge < -0.3 is 9.84 Å². The minimum atomic E-state index is -0.857. The van der Waals surface area contributed by atoms with E-state index in [2.05, 4.69) is 25.9 Å². The minimum absolute atomic E-state index is 0.251. The van der Waals surface area contributed by atoms with Crippen molar-refractivity contribution in [2.45, 2.75) is 12.5 Å². The number of rotatable bonds is 4. The van der Waals surface area contributed by atoms with Crippen LogP contribution >= 0.6 is 15.9 Å². The van der Waals surface area contributed by atoms with Crippen molar-refractivity contribution in [1.29, 1.82) is 0 Å². The van der Waals surface area contributed by atoms with Gasteiger partial charge in [-0.05, 0) is 27.6 Å². The van der Waals surface area contributed by atoms with E-state index >= 15 is 0 Å². The van der Waals surface area contributed by atoms with Crippen LogP contribution in [0.5, 0.6) is 5.88 Å². The Labute approximate surface area is 118 Å². The number of benzene rings is 1. The molecule has 0 aliphatic carbocycles. The molecule has 0 bridgehead atoms. The van der Waals surface area contributed by atoms with Crippen LogP contribution in [0.3, 0.4) is 0 Å². The maximum atomic E-state index is 13.4. The number of hydrogen-bond acceptors (Lipinski definition) is 4. The summed E-state index contributed by atoms with van der Waals surface area (Å²) in [6, 6.07) is 6.18. The Bertz CT molecular complexity index is 580. The molecule has 2 rings (SSSR count). The maximum Gasteiger partial charge on any atom is 0.216 e. The zero-order valence-corrected chi connectivity index (χ0v) is 11.8. The van der Waals surface area contributed by atoms with Crippen molar-refractivity contribution in [3.05, 3.63) is 52.1 Å². The van der Waals surface area contributed by atoms with Crippen LogP contribution in [-0.2, 0) is 6.42 Å². The van der Waals surface area contributed by atoms with Gasteiger partial charge in [-0.3, -0.25) is 0 Å². The van der Waals surface area contributed by atoms with Gasteiger partial charge in [0.15, 0.2) is 0 Å². The molecule has 1 aromatic carbocycles. The number of hydrogen-bond donors (Lipinski definition) is 1. The molecule has 0 radical (unpaired) electrons. The van der Waals surface area contributed by atoms with Gasteiger partial charge in [0.1, 0.15) is 12.1 Å². The zero-order valence-electron chi connectivity index (χ0n) is 10.2. The molecule has 0 aliphatic heterocycles. The second-order valence-electron chi connectivity index (χ2n) is 3.91. The van der Waals surface area contributed by atoms with Gasteiger partial charge in [0, 0.05) is 12.5 Å². The average Bonchev–Trinajstić information content (AvgIpc) is 2.42. The topological polar surface area (TPSA) is 55.2 Å². The third-order valence-electron chi connectivity index (χ3n) is 2.65. The number of aliphatic hydroxyl groups excluding tert-OH is 1. The Balaban J connectivity index is 2.20. The second-order valence-corrected chi connectivity index (χ2v) is 4.71. The molecule has 6 heteroatoms. The SMILES string of the molecule is COc1cc(CC(O)c2cccc(F)c2Br)ncn1. The Hall–Kier alpha value is -1.53. The molecule has 0 aliphatic rings. The van der Waals surface area contributed by atoms with E-state index in [1.54, 1.807) is 18.2 Å². The van der Waals surface area contributed by atoms with Crippen molar-refractivity contribution in [3.63, 3.8) is 0 Å². The fourth-order valence-corrected chi connectivity index (χ4v) is 2.21. The summed E-state index contributed by atoms with van der Waals surface area (Å²) in [6.07, 6.45) is 0.757. The molecule has 2 aromatic rings. The van der Waals surface area contributed by atoms with Gasteiger partial charge in [-0.1, -0.05) is 12.1 Å². The molecule has 1 N–H and O–H groups in total. The largest absolute Gasteiger partial charge is 0.481 e. The van der Waals surface area contributed by atoms with E-state index in [1.807, 2.05) is 0 Å². The first-order valence-corrected chi connectivity index (χ1v) is 6.38. The number of methoxy groups -OCH3 is 1. The minimum Gasteiger partial charge on any atom is -0.481 e. The lowest BCUT2D eigenvalue weighted by atomic mass is 10.0. The molecule has 0 saturated carbocycles. The van der Waals surface area contributed by atoms with Crippen molar-refractivity contribution in [1.82, 2.24) is 9.97 Å². The molecule has 0 saturated heterocycles. The van der Waals surface area contributed by atoms with Gasteiger partial charge in [-0.2, -0.15) is 0 Å². The van der Waals surface area contributed by atoms with Crippen LogP contribution in [0.1, 0.15) is 17.4 Å². The highest BCUT2D eigenvalue weighted by molar-refractivity contribution is 9.10. The van der Waals surface area contributed by atoms with E-state index in [4.69, 9.17) is 4.74 Å². The summed E-state index contributed by atoms with van der Waals surface area (Å²) in [5.74, 6) is 0.0207. The fourth-order valence-electron chi connectivity index (χ4n) is 1.69. The second kappa shape index (κ2) is 6.08.